The second-order valence-corrected chi connectivity index (χ2v) is 7.15. The predicted molar refractivity (Wildman–Crippen MR) is 89.3 cm³/mol. The zero-order valence-electron chi connectivity index (χ0n) is 12.2. The highest BCUT2D eigenvalue weighted by molar-refractivity contribution is 7.80. The lowest BCUT2D eigenvalue weighted by atomic mass is 10.1. The molecular weight excluding hydrogens is 304 g/mol. The molecule has 2 aliphatic rings. The standard InChI is InChI=1S/C15H20N2O2S2/c1-19-14(18)12-10-5-3-2-4-6-11(10)21-13(12)17-15(20)16-9-7-8-9/h9H,2-8H2,1H3,(H2,16,17,20). The number of thiocarbonyl (C=S) groups is 1. The molecule has 1 heterocycles. The van der Waals surface area contributed by atoms with Crippen molar-refractivity contribution in [3.8, 4) is 0 Å². The largest absolute Gasteiger partial charge is 0.465 e. The molecule has 0 saturated heterocycles. The molecule has 6 heteroatoms. The molecule has 114 valence electrons. The van der Waals surface area contributed by atoms with Crippen LogP contribution in [0, 0.1) is 0 Å². The number of esters is 1. The molecule has 0 aromatic carbocycles. The molecule has 1 fully saturated rings. The van der Waals surface area contributed by atoms with Crippen molar-refractivity contribution in [1.29, 1.82) is 0 Å². The second-order valence-electron chi connectivity index (χ2n) is 5.63. The maximum Gasteiger partial charge on any atom is 0.341 e. The summed E-state index contributed by atoms with van der Waals surface area (Å²) < 4.78 is 4.98. The Hall–Kier alpha value is -1.14. The smallest absolute Gasteiger partial charge is 0.341 e. The molecule has 21 heavy (non-hydrogen) atoms. The van der Waals surface area contributed by atoms with E-state index in [2.05, 4.69) is 10.6 Å². The zero-order chi connectivity index (χ0) is 14.8. The zero-order valence-corrected chi connectivity index (χ0v) is 13.8. The van der Waals surface area contributed by atoms with Crippen LogP contribution in [-0.2, 0) is 17.6 Å². The number of carbonyl (C=O) groups is 1. The van der Waals surface area contributed by atoms with Crippen LogP contribution < -0.4 is 10.6 Å². The minimum Gasteiger partial charge on any atom is -0.465 e. The fourth-order valence-electron chi connectivity index (χ4n) is 2.70. The minimum absolute atomic E-state index is 0.258. The van der Waals surface area contributed by atoms with E-state index in [1.807, 2.05) is 0 Å². The molecule has 0 amide bonds. The van der Waals surface area contributed by atoms with Crippen LogP contribution in [0.4, 0.5) is 5.00 Å². The molecule has 0 spiro atoms. The number of anilines is 1. The van der Waals surface area contributed by atoms with Gasteiger partial charge in [-0.05, 0) is 56.3 Å². The van der Waals surface area contributed by atoms with Crippen LogP contribution in [0.1, 0.15) is 52.9 Å². The molecule has 4 nitrogen and oxygen atoms in total. The molecule has 1 aromatic rings. The van der Waals surface area contributed by atoms with Gasteiger partial charge < -0.3 is 15.4 Å². The van der Waals surface area contributed by atoms with E-state index in [-0.39, 0.29) is 5.97 Å². The van der Waals surface area contributed by atoms with Crippen molar-refractivity contribution in [3.05, 3.63) is 16.0 Å². The molecule has 2 N–H and O–H groups in total. The summed E-state index contributed by atoms with van der Waals surface area (Å²) >= 11 is 6.99. The highest BCUT2D eigenvalue weighted by Gasteiger charge is 2.27. The summed E-state index contributed by atoms with van der Waals surface area (Å²) in [5.41, 5.74) is 1.86. The lowest BCUT2D eigenvalue weighted by molar-refractivity contribution is 0.0601. The van der Waals surface area contributed by atoms with E-state index in [9.17, 15) is 4.79 Å². The highest BCUT2D eigenvalue weighted by Crippen LogP contribution is 2.38. The van der Waals surface area contributed by atoms with Gasteiger partial charge in [-0.25, -0.2) is 4.79 Å². The summed E-state index contributed by atoms with van der Waals surface area (Å²) in [6.45, 7) is 0. The molecule has 2 aliphatic carbocycles. The van der Waals surface area contributed by atoms with E-state index in [1.54, 1.807) is 11.3 Å². The maximum atomic E-state index is 12.2. The van der Waals surface area contributed by atoms with E-state index in [4.69, 9.17) is 17.0 Å². The van der Waals surface area contributed by atoms with E-state index in [0.29, 0.717) is 16.7 Å². The van der Waals surface area contributed by atoms with Gasteiger partial charge in [0.25, 0.3) is 0 Å². The van der Waals surface area contributed by atoms with Gasteiger partial charge in [0.15, 0.2) is 5.11 Å². The van der Waals surface area contributed by atoms with Crippen molar-refractivity contribution >= 4 is 39.6 Å². The Morgan fingerprint density at radius 1 is 1.29 bits per heavy atom. The summed E-state index contributed by atoms with van der Waals surface area (Å²) in [5.74, 6) is -0.258. The summed E-state index contributed by atoms with van der Waals surface area (Å²) in [5, 5.41) is 7.92. The summed E-state index contributed by atoms with van der Waals surface area (Å²) in [6.07, 6.45) is 7.91. The molecular formula is C15H20N2O2S2. The first kappa shape index (κ1) is 14.8. The first-order valence-electron chi connectivity index (χ1n) is 7.49. The minimum atomic E-state index is -0.258. The number of carbonyl (C=O) groups excluding carboxylic acids is 1. The average molecular weight is 324 g/mol. The molecule has 0 unspecified atom stereocenters. The Morgan fingerprint density at radius 3 is 2.76 bits per heavy atom. The molecule has 1 saturated carbocycles. The summed E-state index contributed by atoms with van der Waals surface area (Å²) in [6, 6.07) is 0.504. The Bertz CT molecular complexity index is 564. The number of rotatable bonds is 3. The maximum absolute atomic E-state index is 12.2. The Morgan fingerprint density at radius 2 is 2.05 bits per heavy atom. The molecule has 3 rings (SSSR count). The van der Waals surface area contributed by atoms with Gasteiger partial charge in [0.05, 0.1) is 12.7 Å². The number of aryl methyl sites for hydroxylation is 1. The Kier molecular flexibility index (Phi) is 4.45. The number of nitrogens with one attached hydrogen (secondary N) is 2. The Labute approximate surface area is 134 Å². The summed E-state index contributed by atoms with van der Waals surface area (Å²) in [4.78, 5) is 13.5. The lowest BCUT2D eigenvalue weighted by Crippen LogP contribution is -2.30. The van der Waals surface area contributed by atoms with E-state index >= 15 is 0 Å². The van der Waals surface area contributed by atoms with Gasteiger partial charge in [0.2, 0.25) is 0 Å². The van der Waals surface area contributed by atoms with Gasteiger partial charge in [0, 0.05) is 10.9 Å². The Balaban J connectivity index is 1.86. The van der Waals surface area contributed by atoms with Crippen molar-refractivity contribution in [3.63, 3.8) is 0 Å². The van der Waals surface area contributed by atoms with Crippen LogP contribution >= 0.6 is 23.6 Å². The van der Waals surface area contributed by atoms with Crippen LogP contribution in [0.5, 0.6) is 0 Å². The lowest BCUT2D eigenvalue weighted by Gasteiger charge is -2.10. The highest BCUT2D eigenvalue weighted by atomic mass is 32.1. The number of methoxy groups -OCH3 is 1. The predicted octanol–water partition coefficient (Wildman–Crippen LogP) is 3.25. The van der Waals surface area contributed by atoms with Crippen LogP contribution in [0.3, 0.4) is 0 Å². The van der Waals surface area contributed by atoms with Gasteiger partial charge in [-0.2, -0.15) is 0 Å². The van der Waals surface area contributed by atoms with Crippen molar-refractivity contribution in [2.45, 2.75) is 51.0 Å². The van der Waals surface area contributed by atoms with Crippen LogP contribution in [0.25, 0.3) is 0 Å². The van der Waals surface area contributed by atoms with Crippen LogP contribution in [0.2, 0.25) is 0 Å². The van der Waals surface area contributed by atoms with Crippen molar-refractivity contribution in [2.75, 3.05) is 12.4 Å². The normalized spacial score (nSPS) is 17.6. The fraction of sp³-hybridized carbons (Fsp3) is 0.600. The average Bonchev–Trinajstić information content (AvgIpc) is 3.24. The number of thiophene rings is 1. The molecule has 0 aliphatic heterocycles. The summed E-state index contributed by atoms with van der Waals surface area (Å²) in [7, 11) is 1.44. The van der Waals surface area contributed by atoms with Gasteiger partial charge in [-0.3, -0.25) is 0 Å². The quantitative estimate of drug-likeness (QED) is 0.508. The van der Waals surface area contributed by atoms with Crippen LogP contribution in [-0.4, -0.2) is 24.2 Å². The van der Waals surface area contributed by atoms with Crippen LogP contribution in [0.15, 0.2) is 0 Å². The number of ether oxygens (including phenoxy) is 1. The first-order chi connectivity index (χ1) is 10.2. The fourth-order valence-corrected chi connectivity index (χ4v) is 4.32. The van der Waals surface area contributed by atoms with Gasteiger partial charge in [-0.15, -0.1) is 11.3 Å². The van der Waals surface area contributed by atoms with E-state index in [1.165, 1.54) is 43.2 Å². The third kappa shape index (κ3) is 3.37. The first-order valence-corrected chi connectivity index (χ1v) is 8.72. The van der Waals surface area contributed by atoms with Crippen molar-refractivity contribution < 1.29 is 9.53 Å². The molecule has 0 bridgehead atoms. The van der Waals surface area contributed by atoms with Gasteiger partial charge in [-0.1, -0.05) is 6.42 Å². The number of fused-ring (bicyclic) bond motifs is 1. The monoisotopic (exact) mass is 324 g/mol. The van der Waals surface area contributed by atoms with E-state index < -0.39 is 0 Å². The van der Waals surface area contributed by atoms with Crippen molar-refractivity contribution in [1.82, 2.24) is 5.32 Å². The van der Waals surface area contributed by atoms with Crippen molar-refractivity contribution in [2.24, 2.45) is 0 Å². The third-order valence-electron chi connectivity index (χ3n) is 3.95. The number of hydrogen-bond acceptors (Lipinski definition) is 4. The SMILES string of the molecule is COC(=O)c1c(NC(=S)NC2CC2)sc2c1CCCCC2. The molecule has 0 radical (unpaired) electrons. The van der Waals surface area contributed by atoms with Gasteiger partial charge >= 0.3 is 5.97 Å². The molecule has 0 atom stereocenters. The van der Waals surface area contributed by atoms with Gasteiger partial charge in [0.1, 0.15) is 5.00 Å². The molecule has 1 aromatic heterocycles. The number of hydrogen-bond donors (Lipinski definition) is 2. The third-order valence-corrected chi connectivity index (χ3v) is 5.38. The second kappa shape index (κ2) is 6.32. The topological polar surface area (TPSA) is 50.4 Å². The van der Waals surface area contributed by atoms with E-state index in [0.717, 1.165) is 24.3 Å².